The van der Waals surface area contributed by atoms with Crippen LogP contribution in [0.15, 0.2) is 41.9 Å². The van der Waals surface area contributed by atoms with E-state index in [1.165, 1.54) is 0 Å². The molecule has 0 radical (unpaired) electrons. The van der Waals surface area contributed by atoms with Gasteiger partial charge >= 0.3 is 0 Å². The summed E-state index contributed by atoms with van der Waals surface area (Å²) < 4.78 is 1.79. The highest BCUT2D eigenvalue weighted by molar-refractivity contribution is 7.09. The molecule has 30 heavy (non-hydrogen) atoms. The Morgan fingerprint density at radius 1 is 1.10 bits per heavy atom. The monoisotopic (exact) mass is 419 g/mol. The van der Waals surface area contributed by atoms with Crippen LogP contribution in [0.25, 0.3) is 16.9 Å². The number of nitrogens with one attached hydrogen (secondary N) is 1. The van der Waals surface area contributed by atoms with Crippen LogP contribution in [0.2, 0.25) is 0 Å². The molecule has 1 fully saturated rings. The van der Waals surface area contributed by atoms with Crippen molar-refractivity contribution in [3.05, 3.63) is 52.6 Å². The van der Waals surface area contributed by atoms with Crippen molar-refractivity contribution in [3.8, 4) is 11.3 Å². The second kappa shape index (κ2) is 7.70. The van der Waals surface area contributed by atoms with E-state index in [9.17, 15) is 0 Å². The molecule has 154 valence electrons. The molecule has 3 heterocycles. The van der Waals surface area contributed by atoms with E-state index >= 15 is 0 Å². The number of nitrogens with zero attached hydrogens (tertiary/aromatic N) is 4. The summed E-state index contributed by atoms with van der Waals surface area (Å²) in [6.07, 6.45) is 6.24. The normalized spacial score (nSPS) is 19.3. The molecule has 0 spiro atoms. The van der Waals surface area contributed by atoms with Gasteiger partial charge in [0, 0.05) is 34.7 Å². The molecule has 0 aliphatic heterocycles. The number of benzene rings is 1. The van der Waals surface area contributed by atoms with Gasteiger partial charge in [-0.1, -0.05) is 12.1 Å². The summed E-state index contributed by atoms with van der Waals surface area (Å²) in [5.41, 5.74) is 17.9. The number of nitrogens with two attached hydrogens (primary N) is 2. The molecule has 7 nitrogen and oxygen atoms in total. The smallest absolute Gasteiger partial charge is 0.177 e. The van der Waals surface area contributed by atoms with E-state index in [0.29, 0.717) is 17.8 Å². The maximum atomic E-state index is 6.06. The maximum Gasteiger partial charge on any atom is 0.177 e. The highest BCUT2D eigenvalue weighted by atomic mass is 32.1. The number of imidazole rings is 1. The minimum Gasteiger partial charge on any atom is -0.382 e. The quantitative estimate of drug-likeness (QED) is 0.450. The van der Waals surface area contributed by atoms with Crippen LogP contribution < -0.4 is 16.8 Å². The lowest BCUT2D eigenvalue weighted by molar-refractivity contribution is 0.391. The van der Waals surface area contributed by atoms with Crippen LogP contribution in [-0.2, 0) is 0 Å². The van der Waals surface area contributed by atoms with Gasteiger partial charge in [0.1, 0.15) is 5.82 Å². The van der Waals surface area contributed by atoms with E-state index in [2.05, 4.69) is 32.9 Å². The van der Waals surface area contributed by atoms with E-state index in [0.717, 1.165) is 64.7 Å². The lowest BCUT2D eigenvalue weighted by Gasteiger charge is -2.24. The largest absolute Gasteiger partial charge is 0.382 e. The molecule has 4 aromatic rings. The Morgan fingerprint density at radius 2 is 1.87 bits per heavy atom. The molecule has 0 atom stereocenters. The highest BCUT2D eigenvalue weighted by Crippen LogP contribution is 2.33. The Morgan fingerprint density at radius 3 is 2.57 bits per heavy atom. The van der Waals surface area contributed by atoms with Gasteiger partial charge in [0.2, 0.25) is 0 Å². The zero-order valence-electron chi connectivity index (χ0n) is 16.9. The van der Waals surface area contributed by atoms with Gasteiger partial charge in [0.05, 0.1) is 28.3 Å². The zero-order chi connectivity index (χ0) is 20.7. The van der Waals surface area contributed by atoms with Gasteiger partial charge in [-0.2, -0.15) is 0 Å². The van der Waals surface area contributed by atoms with E-state index in [1.54, 1.807) is 15.9 Å². The minimum absolute atomic E-state index is 0.320. The van der Waals surface area contributed by atoms with Crippen LogP contribution in [0.4, 0.5) is 17.2 Å². The Labute approximate surface area is 179 Å². The zero-order valence-corrected chi connectivity index (χ0v) is 17.7. The average molecular weight is 420 g/mol. The maximum absolute atomic E-state index is 6.06. The second-order valence-corrected chi connectivity index (χ2v) is 9.04. The van der Waals surface area contributed by atoms with Gasteiger partial charge < -0.3 is 16.8 Å². The molecule has 1 saturated carbocycles. The number of anilines is 3. The van der Waals surface area contributed by atoms with Gasteiger partial charge in [-0.25, -0.2) is 14.5 Å². The number of nitrogen functional groups attached to an aromatic ring is 1. The summed E-state index contributed by atoms with van der Waals surface area (Å²) >= 11 is 1.66. The first-order chi connectivity index (χ1) is 14.5. The first-order valence-electron chi connectivity index (χ1n) is 10.3. The summed E-state index contributed by atoms with van der Waals surface area (Å²) in [5, 5.41) is 11.0. The number of hydrogen-bond donors (Lipinski definition) is 3. The third-order valence-electron chi connectivity index (χ3n) is 5.73. The van der Waals surface area contributed by atoms with Gasteiger partial charge in [-0.15, -0.1) is 16.4 Å². The molecule has 1 aliphatic rings. The molecule has 5 rings (SSSR count). The number of aromatic nitrogens is 4. The highest BCUT2D eigenvalue weighted by Gasteiger charge is 2.23. The molecule has 0 unspecified atom stereocenters. The van der Waals surface area contributed by atoms with Crippen molar-refractivity contribution in [1.82, 2.24) is 19.6 Å². The molecule has 0 amide bonds. The van der Waals surface area contributed by atoms with Gasteiger partial charge in [-0.3, -0.25) is 0 Å². The molecule has 3 aromatic heterocycles. The number of aryl methyl sites for hydroxylation is 1. The number of fused-ring (bicyclic) bond motifs is 1. The summed E-state index contributed by atoms with van der Waals surface area (Å²) in [6, 6.07) is 10.4. The van der Waals surface area contributed by atoms with Crippen molar-refractivity contribution in [2.24, 2.45) is 5.73 Å². The van der Waals surface area contributed by atoms with E-state index in [1.807, 2.05) is 31.3 Å². The van der Waals surface area contributed by atoms with Gasteiger partial charge in [0.25, 0.3) is 0 Å². The minimum atomic E-state index is 0.320. The van der Waals surface area contributed by atoms with Crippen LogP contribution >= 0.6 is 11.3 Å². The predicted molar refractivity (Wildman–Crippen MR) is 122 cm³/mol. The standard InChI is InChI=1S/C22H25N7S/c1-13-25-20(12-30-13)15-4-8-17(9-5-15)26-18-10-21(24)28-29-11-19(27-22(18)29)14-2-6-16(23)7-3-14/h4-5,8-12,14,16,26H,2-3,6-7,23H2,1H3,(H2,24,28). The van der Waals surface area contributed by atoms with Gasteiger partial charge in [-0.05, 0) is 44.7 Å². The fourth-order valence-corrected chi connectivity index (χ4v) is 4.72. The third-order valence-corrected chi connectivity index (χ3v) is 6.51. The van der Waals surface area contributed by atoms with Crippen LogP contribution in [0.3, 0.4) is 0 Å². The Hall–Kier alpha value is -2.97. The van der Waals surface area contributed by atoms with Crippen molar-refractivity contribution in [3.63, 3.8) is 0 Å². The molecule has 0 saturated heterocycles. The van der Waals surface area contributed by atoms with Crippen LogP contribution in [0, 0.1) is 6.92 Å². The van der Waals surface area contributed by atoms with Crippen LogP contribution in [0.1, 0.15) is 42.3 Å². The fraction of sp³-hybridized carbons (Fsp3) is 0.318. The fourth-order valence-electron chi connectivity index (χ4n) is 4.09. The Kier molecular flexibility index (Phi) is 4.88. The van der Waals surface area contributed by atoms with Crippen LogP contribution in [0.5, 0.6) is 0 Å². The summed E-state index contributed by atoms with van der Waals surface area (Å²) in [7, 11) is 0. The number of hydrogen-bond acceptors (Lipinski definition) is 7. The second-order valence-electron chi connectivity index (χ2n) is 7.98. The van der Waals surface area contributed by atoms with E-state index in [-0.39, 0.29) is 0 Å². The van der Waals surface area contributed by atoms with Crippen molar-refractivity contribution >= 4 is 34.2 Å². The van der Waals surface area contributed by atoms with E-state index < -0.39 is 0 Å². The summed E-state index contributed by atoms with van der Waals surface area (Å²) in [4.78, 5) is 9.45. The van der Waals surface area contributed by atoms with Crippen molar-refractivity contribution in [1.29, 1.82) is 0 Å². The lowest BCUT2D eigenvalue weighted by Crippen LogP contribution is -2.25. The molecule has 8 heteroatoms. The molecular weight excluding hydrogens is 394 g/mol. The molecule has 1 aromatic carbocycles. The summed E-state index contributed by atoms with van der Waals surface area (Å²) in [5.74, 6) is 0.885. The Balaban J connectivity index is 1.42. The summed E-state index contributed by atoms with van der Waals surface area (Å²) in [6.45, 7) is 2.02. The van der Waals surface area contributed by atoms with Gasteiger partial charge in [0.15, 0.2) is 5.65 Å². The Bertz CT molecular complexity index is 1170. The first-order valence-corrected chi connectivity index (χ1v) is 11.1. The van der Waals surface area contributed by atoms with Crippen molar-refractivity contribution < 1.29 is 0 Å². The van der Waals surface area contributed by atoms with Crippen molar-refractivity contribution in [2.75, 3.05) is 11.1 Å². The van der Waals surface area contributed by atoms with Crippen molar-refractivity contribution in [2.45, 2.75) is 44.6 Å². The lowest BCUT2D eigenvalue weighted by atomic mass is 9.85. The number of thiazole rings is 1. The molecular formula is C22H25N7S. The van der Waals surface area contributed by atoms with E-state index in [4.69, 9.17) is 16.5 Å². The topological polar surface area (TPSA) is 107 Å². The SMILES string of the molecule is Cc1nc(-c2ccc(Nc3cc(N)nn4cc(C5CCC(N)CC5)nc34)cc2)cs1. The number of rotatable bonds is 4. The molecule has 5 N–H and O–H groups in total. The van der Waals surface area contributed by atoms with Crippen LogP contribution in [-0.4, -0.2) is 25.6 Å². The third kappa shape index (κ3) is 3.76. The molecule has 0 bridgehead atoms. The first kappa shape index (κ1) is 19.0. The predicted octanol–water partition coefficient (Wildman–Crippen LogP) is 4.47. The molecule has 1 aliphatic carbocycles. The average Bonchev–Trinajstić information content (AvgIpc) is 3.35.